The zero-order valence-electron chi connectivity index (χ0n) is 31.2. The molecular formula is C45H57NO6. The van der Waals surface area contributed by atoms with E-state index in [0.717, 1.165) is 87.0 Å². The number of hydrogen-bond acceptors (Lipinski definition) is 6. The minimum absolute atomic E-state index is 0.0548. The van der Waals surface area contributed by atoms with Crippen molar-refractivity contribution in [2.24, 2.45) is 39.4 Å². The molecule has 1 saturated heterocycles. The zero-order chi connectivity index (χ0) is 35.9. The van der Waals surface area contributed by atoms with E-state index in [4.69, 9.17) is 9.47 Å². The largest absolute Gasteiger partial charge is 0.415 e. The number of carbonyl (C=O) groups is 2. The SMILES string of the molecule is CC12CCC(O)CC13C=CC1(C(C(=O)C4CCCCC4)=C3)C2CCC2(C)C1CCC2(O)CN(CC1CCCO1)C(=O)Oc1ccc2ccccc2c1. The van der Waals surface area contributed by atoms with Gasteiger partial charge >= 0.3 is 6.09 Å². The van der Waals surface area contributed by atoms with Gasteiger partial charge in [0.05, 0.1) is 30.9 Å². The monoisotopic (exact) mass is 707 g/mol. The van der Waals surface area contributed by atoms with Crippen LogP contribution in [0.1, 0.15) is 104 Å². The summed E-state index contributed by atoms with van der Waals surface area (Å²) in [6.07, 6.45) is 18.9. The van der Waals surface area contributed by atoms with E-state index < -0.39 is 22.5 Å². The Morgan fingerprint density at radius 3 is 2.40 bits per heavy atom. The Morgan fingerprint density at radius 1 is 0.865 bits per heavy atom. The van der Waals surface area contributed by atoms with Crippen molar-refractivity contribution in [1.29, 1.82) is 0 Å². The molecule has 0 aromatic heterocycles. The Balaban J connectivity index is 1.06. The van der Waals surface area contributed by atoms with Crippen LogP contribution in [0, 0.1) is 39.4 Å². The van der Waals surface area contributed by atoms with Gasteiger partial charge < -0.3 is 24.6 Å². The maximum atomic E-state index is 14.9. The predicted octanol–water partition coefficient (Wildman–Crippen LogP) is 8.56. The van der Waals surface area contributed by atoms with Crippen LogP contribution < -0.4 is 4.74 Å². The Morgan fingerprint density at radius 2 is 1.62 bits per heavy atom. The first-order chi connectivity index (χ1) is 25.0. The summed E-state index contributed by atoms with van der Waals surface area (Å²) >= 11 is 0. The van der Waals surface area contributed by atoms with Crippen LogP contribution in [0.3, 0.4) is 0 Å². The molecule has 7 heteroatoms. The number of ketones is 1. The minimum atomic E-state index is -1.17. The molecular weight excluding hydrogens is 650 g/mol. The van der Waals surface area contributed by atoms with Gasteiger partial charge in [-0.2, -0.15) is 0 Å². The van der Waals surface area contributed by atoms with Gasteiger partial charge in [0.1, 0.15) is 5.75 Å². The number of ether oxygens (including phenoxy) is 2. The summed E-state index contributed by atoms with van der Waals surface area (Å²) < 4.78 is 12.1. The molecule has 8 aliphatic rings. The summed E-state index contributed by atoms with van der Waals surface area (Å²) in [6.45, 7) is 5.92. The second-order valence-electron chi connectivity index (χ2n) is 18.4. The van der Waals surface area contributed by atoms with E-state index in [1.54, 1.807) is 4.90 Å². The summed E-state index contributed by atoms with van der Waals surface area (Å²) in [5, 5.41) is 26.2. The van der Waals surface area contributed by atoms with Crippen LogP contribution in [0.2, 0.25) is 0 Å². The summed E-state index contributed by atoms with van der Waals surface area (Å²) in [6, 6.07) is 13.8. The molecule has 4 saturated carbocycles. The van der Waals surface area contributed by atoms with E-state index in [1.807, 2.05) is 42.5 Å². The van der Waals surface area contributed by atoms with Crippen molar-refractivity contribution in [3.63, 3.8) is 0 Å². The Bertz CT molecular complexity index is 1810. The molecule has 0 radical (unpaired) electrons. The molecule has 2 bridgehead atoms. The number of fused-ring (bicyclic) bond motifs is 2. The highest BCUT2D eigenvalue weighted by Gasteiger charge is 2.74. The molecule has 1 amide bonds. The lowest BCUT2D eigenvalue weighted by molar-refractivity contribution is -0.179. The maximum absolute atomic E-state index is 14.9. The highest BCUT2D eigenvalue weighted by atomic mass is 16.6. The van der Waals surface area contributed by atoms with E-state index in [1.165, 1.54) is 6.42 Å². The van der Waals surface area contributed by atoms with Gasteiger partial charge in [0.25, 0.3) is 0 Å². The number of amides is 1. The lowest BCUT2D eigenvalue weighted by atomic mass is 9.32. The van der Waals surface area contributed by atoms with E-state index >= 15 is 0 Å². The molecule has 2 N–H and O–H groups in total. The number of carbonyl (C=O) groups excluding carboxylic acids is 2. The molecule has 5 fully saturated rings. The number of rotatable bonds is 7. The van der Waals surface area contributed by atoms with Gasteiger partial charge in [-0.1, -0.05) is 81.7 Å². The Hall–Kier alpha value is -3.00. The number of Topliss-reactive ketones (excluding diaryl/α,β-unsaturated/α-hetero) is 1. The molecule has 278 valence electrons. The van der Waals surface area contributed by atoms with Crippen molar-refractivity contribution < 1.29 is 29.3 Å². The fourth-order valence-electron chi connectivity index (χ4n) is 13.2. The summed E-state index contributed by atoms with van der Waals surface area (Å²) in [7, 11) is 0. The third-order valence-electron chi connectivity index (χ3n) is 16.0. The highest BCUT2D eigenvalue weighted by Crippen LogP contribution is 2.78. The summed E-state index contributed by atoms with van der Waals surface area (Å²) in [4.78, 5) is 30.8. The van der Waals surface area contributed by atoms with Crippen molar-refractivity contribution in [1.82, 2.24) is 4.90 Å². The normalized spacial score (nSPS) is 40.9. The molecule has 52 heavy (non-hydrogen) atoms. The first-order valence-electron chi connectivity index (χ1n) is 20.5. The fraction of sp³-hybridized carbons (Fsp3) is 0.644. The summed E-state index contributed by atoms with van der Waals surface area (Å²) in [5.74, 6) is 1.20. The number of hydrogen-bond donors (Lipinski definition) is 2. The van der Waals surface area contributed by atoms with Gasteiger partial charge in [-0.3, -0.25) is 4.79 Å². The van der Waals surface area contributed by atoms with Gasteiger partial charge in [0.15, 0.2) is 5.78 Å². The standard InChI is InChI=1S/C45H57NO6/c1-41-19-16-33(47)26-43(41)22-23-45(36(27-43)39(48)31-10-4-3-5-11-31)37(41)17-20-42(2)38(45)18-21-44(42,50)29-46(28-35-13-8-24-51-35)40(49)52-34-15-14-30-9-6-7-12-32(30)25-34/h6-7,9,12,14-15,22-23,25,27,31,33,35,37-38,47,50H,3-5,8,10-11,13,16-21,24,26,28-29H2,1-2H3. The lowest BCUT2D eigenvalue weighted by Crippen LogP contribution is -2.67. The van der Waals surface area contributed by atoms with Crippen LogP contribution >= 0.6 is 0 Å². The molecule has 1 aliphatic heterocycles. The number of nitrogens with zero attached hydrogens (tertiary/aromatic N) is 1. The van der Waals surface area contributed by atoms with Crippen LogP contribution in [0.25, 0.3) is 10.8 Å². The molecule has 1 heterocycles. The fourth-order valence-corrected chi connectivity index (χ4v) is 13.2. The maximum Gasteiger partial charge on any atom is 0.415 e. The van der Waals surface area contributed by atoms with E-state index in [2.05, 4.69) is 32.1 Å². The number of aliphatic hydroxyl groups excluding tert-OH is 1. The van der Waals surface area contributed by atoms with E-state index in [0.29, 0.717) is 37.5 Å². The average molecular weight is 708 g/mol. The number of allylic oxidation sites excluding steroid dienone is 4. The van der Waals surface area contributed by atoms with Crippen molar-refractivity contribution in [2.75, 3.05) is 19.7 Å². The third-order valence-corrected chi connectivity index (χ3v) is 16.0. The quantitative estimate of drug-likeness (QED) is 0.280. The Labute approximate surface area is 308 Å². The first-order valence-corrected chi connectivity index (χ1v) is 20.5. The van der Waals surface area contributed by atoms with E-state index in [9.17, 15) is 19.8 Å². The first kappa shape index (κ1) is 34.7. The second-order valence-corrected chi connectivity index (χ2v) is 18.4. The number of benzene rings is 2. The number of aliphatic hydroxyl groups is 2. The van der Waals surface area contributed by atoms with Crippen molar-refractivity contribution >= 4 is 22.6 Å². The van der Waals surface area contributed by atoms with Crippen LogP contribution in [-0.4, -0.2) is 64.5 Å². The summed E-state index contributed by atoms with van der Waals surface area (Å²) in [5.41, 5.74) is -1.54. The molecule has 9 unspecified atom stereocenters. The molecule has 2 aromatic carbocycles. The molecule has 7 aliphatic carbocycles. The second kappa shape index (κ2) is 12.5. The van der Waals surface area contributed by atoms with Gasteiger partial charge in [-0.25, -0.2) is 4.79 Å². The molecule has 10 rings (SSSR count). The molecule has 2 aromatic rings. The average Bonchev–Trinajstić information content (AvgIpc) is 3.76. The van der Waals surface area contributed by atoms with Crippen LogP contribution in [-0.2, 0) is 9.53 Å². The Kier molecular flexibility index (Phi) is 8.37. The third kappa shape index (κ3) is 5.07. The zero-order valence-corrected chi connectivity index (χ0v) is 31.2. The van der Waals surface area contributed by atoms with Crippen LogP contribution in [0.15, 0.2) is 66.3 Å². The smallest absolute Gasteiger partial charge is 0.410 e. The van der Waals surface area contributed by atoms with Crippen molar-refractivity contribution in [2.45, 2.75) is 122 Å². The van der Waals surface area contributed by atoms with Gasteiger partial charge in [-0.05, 0) is 111 Å². The molecule has 9 atom stereocenters. The van der Waals surface area contributed by atoms with Gasteiger partial charge in [0, 0.05) is 34.3 Å². The van der Waals surface area contributed by atoms with Crippen molar-refractivity contribution in [3.8, 4) is 5.75 Å². The predicted molar refractivity (Wildman–Crippen MR) is 201 cm³/mol. The van der Waals surface area contributed by atoms with Crippen LogP contribution in [0.4, 0.5) is 4.79 Å². The van der Waals surface area contributed by atoms with Crippen molar-refractivity contribution in [3.05, 3.63) is 66.3 Å². The van der Waals surface area contributed by atoms with E-state index in [-0.39, 0.29) is 47.3 Å². The minimum Gasteiger partial charge on any atom is -0.410 e. The highest BCUT2D eigenvalue weighted by molar-refractivity contribution is 6.00. The van der Waals surface area contributed by atoms with Crippen LogP contribution in [0.5, 0.6) is 5.75 Å². The topological polar surface area (TPSA) is 96.3 Å². The molecule has 2 spiro atoms. The lowest BCUT2D eigenvalue weighted by Gasteiger charge is -2.71. The molecule has 7 nitrogen and oxygen atoms in total. The van der Waals surface area contributed by atoms with Gasteiger partial charge in [-0.15, -0.1) is 0 Å². The van der Waals surface area contributed by atoms with Gasteiger partial charge in [0.2, 0.25) is 0 Å².